The quantitative estimate of drug-likeness (QED) is 0.840. The van der Waals surface area contributed by atoms with E-state index in [4.69, 9.17) is 5.11 Å². The van der Waals surface area contributed by atoms with Crippen LogP contribution in [0.15, 0.2) is 6.07 Å². The average molecular weight is 264 g/mol. The van der Waals surface area contributed by atoms with Crippen LogP contribution in [0.1, 0.15) is 12.6 Å². The van der Waals surface area contributed by atoms with E-state index in [0.29, 0.717) is 6.54 Å². The minimum atomic E-state index is -4.53. The van der Waals surface area contributed by atoms with Crippen LogP contribution in [-0.2, 0) is 6.18 Å². The molecule has 0 radical (unpaired) electrons. The van der Waals surface area contributed by atoms with Crippen molar-refractivity contribution in [1.29, 1.82) is 0 Å². The first-order valence-corrected chi connectivity index (χ1v) is 5.40. The molecule has 0 bridgehead atoms. The zero-order valence-corrected chi connectivity index (χ0v) is 10.1. The number of nitrogens with one attached hydrogen (secondary N) is 1. The van der Waals surface area contributed by atoms with Gasteiger partial charge in [-0.3, -0.25) is 0 Å². The second kappa shape index (κ2) is 5.85. The van der Waals surface area contributed by atoms with Crippen molar-refractivity contribution in [3.8, 4) is 0 Å². The lowest BCUT2D eigenvalue weighted by atomic mass is 10.3. The highest BCUT2D eigenvalue weighted by Crippen LogP contribution is 2.30. The van der Waals surface area contributed by atoms with Crippen LogP contribution >= 0.6 is 0 Å². The summed E-state index contributed by atoms with van der Waals surface area (Å²) in [6.45, 7) is 2.18. The lowest BCUT2D eigenvalue weighted by Gasteiger charge is -2.19. The van der Waals surface area contributed by atoms with Gasteiger partial charge in [-0.25, -0.2) is 4.98 Å². The van der Waals surface area contributed by atoms with Crippen LogP contribution in [0.5, 0.6) is 0 Å². The van der Waals surface area contributed by atoms with Gasteiger partial charge in [-0.15, -0.1) is 0 Å². The number of halogens is 3. The SMILES string of the molecule is CCNc1nc(N(C)CCO)cc(C(F)(F)F)n1. The molecule has 1 rings (SSSR count). The van der Waals surface area contributed by atoms with Crippen LogP contribution in [0.4, 0.5) is 24.9 Å². The van der Waals surface area contributed by atoms with E-state index >= 15 is 0 Å². The third-order valence-electron chi connectivity index (χ3n) is 2.16. The fraction of sp³-hybridized carbons (Fsp3) is 0.600. The van der Waals surface area contributed by atoms with Crippen molar-refractivity contribution in [1.82, 2.24) is 9.97 Å². The number of aliphatic hydroxyl groups excluding tert-OH is 1. The predicted octanol–water partition coefficient (Wildman–Crippen LogP) is 1.36. The van der Waals surface area contributed by atoms with E-state index in [1.807, 2.05) is 0 Å². The molecule has 0 aliphatic carbocycles. The van der Waals surface area contributed by atoms with Crippen molar-refractivity contribution in [2.45, 2.75) is 13.1 Å². The van der Waals surface area contributed by atoms with E-state index in [2.05, 4.69) is 15.3 Å². The summed E-state index contributed by atoms with van der Waals surface area (Å²) in [6, 6.07) is 0.858. The Morgan fingerprint density at radius 1 is 1.39 bits per heavy atom. The molecule has 0 aliphatic rings. The molecule has 1 aromatic rings. The van der Waals surface area contributed by atoms with Crippen LogP contribution in [0.2, 0.25) is 0 Å². The number of alkyl halides is 3. The molecule has 0 aliphatic heterocycles. The molecule has 2 N–H and O–H groups in total. The molecule has 1 heterocycles. The zero-order chi connectivity index (χ0) is 13.8. The number of anilines is 2. The maximum Gasteiger partial charge on any atom is 0.433 e. The lowest BCUT2D eigenvalue weighted by molar-refractivity contribution is -0.141. The maximum atomic E-state index is 12.7. The Morgan fingerprint density at radius 2 is 2.06 bits per heavy atom. The molecule has 18 heavy (non-hydrogen) atoms. The van der Waals surface area contributed by atoms with Gasteiger partial charge in [0.15, 0.2) is 5.69 Å². The summed E-state index contributed by atoms with van der Waals surface area (Å²) in [7, 11) is 1.55. The van der Waals surface area contributed by atoms with Gasteiger partial charge in [-0.1, -0.05) is 0 Å². The molecule has 0 amide bonds. The molecule has 0 fully saturated rings. The fourth-order valence-electron chi connectivity index (χ4n) is 1.28. The number of nitrogens with zero attached hydrogens (tertiary/aromatic N) is 3. The summed E-state index contributed by atoms with van der Waals surface area (Å²) in [6.07, 6.45) is -4.53. The van der Waals surface area contributed by atoms with Crippen molar-refractivity contribution in [2.75, 3.05) is 37.0 Å². The molecule has 0 saturated heterocycles. The fourth-order valence-corrected chi connectivity index (χ4v) is 1.28. The van der Waals surface area contributed by atoms with Crippen molar-refractivity contribution in [3.05, 3.63) is 11.8 Å². The van der Waals surface area contributed by atoms with Crippen LogP contribution in [0, 0.1) is 0 Å². The second-order valence-electron chi connectivity index (χ2n) is 3.61. The van der Waals surface area contributed by atoms with Crippen molar-refractivity contribution < 1.29 is 18.3 Å². The molecular weight excluding hydrogens is 249 g/mol. The normalized spacial score (nSPS) is 11.4. The molecule has 0 atom stereocenters. The van der Waals surface area contributed by atoms with Crippen LogP contribution < -0.4 is 10.2 Å². The minimum Gasteiger partial charge on any atom is -0.395 e. The van der Waals surface area contributed by atoms with E-state index in [0.717, 1.165) is 6.07 Å². The van der Waals surface area contributed by atoms with Crippen LogP contribution in [0.3, 0.4) is 0 Å². The molecule has 1 aromatic heterocycles. The number of aliphatic hydroxyl groups is 1. The van der Waals surface area contributed by atoms with E-state index in [9.17, 15) is 13.2 Å². The van der Waals surface area contributed by atoms with Crippen LogP contribution in [-0.4, -0.2) is 41.8 Å². The molecule has 0 saturated carbocycles. The second-order valence-corrected chi connectivity index (χ2v) is 3.61. The standard InChI is InChI=1S/C10H15F3N4O/c1-3-14-9-15-7(10(11,12)13)6-8(16-9)17(2)4-5-18/h6,18H,3-5H2,1-2H3,(H,14,15,16). The first-order chi connectivity index (χ1) is 8.38. The number of likely N-dealkylation sites (N-methyl/N-ethyl adjacent to an activating group) is 1. The Bertz CT molecular complexity index is 397. The van der Waals surface area contributed by atoms with Gasteiger partial charge >= 0.3 is 6.18 Å². The minimum absolute atomic E-state index is 0.0767. The smallest absolute Gasteiger partial charge is 0.395 e. The summed E-state index contributed by atoms with van der Waals surface area (Å²) >= 11 is 0. The van der Waals surface area contributed by atoms with Gasteiger partial charge in [0, 0.05) is 26.2 Å². The van der Waals surface area contributed by atoms with Crippen LogP contribution in [0.25, 0.3) is 0 Å². The molecule has 0 unspecified atom stereocenters. The Hall–Kier alpha value is -1.57. The van der Waals surface area contributed by atoms with Gasteiger partial charge < -0.3 is 15.3 Å². The number of hydrogen-bond acceptors (Lipinski definition) is 5. The largest absolute Gasteiger partial charge is 0.433 e. The van der Waals surface area contributed by atoms with E-state index < -0.39 is 11.9 Å². The van der Waals surface area contributed by atoms with Gasteiger partial charge in [-0.2, -0.15) is 18.2 Å². The highest BCUT2D eigenvalue weighted by atomic mass is 19.4. The molecule has 0 spiro atoms. The van der Waals surface area contributed by atoms with Gasteiger partial charge in [0.05, 0.1) is 6.61 Å². The van der Waals surface area contributed by atoms with E-state index in [1.165, 1.54) is 4.90 Å². The van der Waals surface area contributed by atoms with E-state index in [1.54, 1.807) is 14.0 Å². The third kappa shape index (κ3) is 3.73. The average Bonchev–Trinajstić information content (AvgIpc) is 2.28. The Balaban J connectivity index is 3.13. The Kier molecular flexibility index (Phi) is 4.71. The van der Waals surface area contributed by atoms with Crippen molar-refractivity contribution in [3.63, 3.8) is 0 Å². The molecular formula is C10H15F3N4O. The summed E-state index contributed by atoms with van der Waals surface area (Å²) in [4.78, 5) is 8.78. The number of rotatable bonds is 5. The summed E-state index contributed by atoms with van der Waals surface area (Å²) in [5.41, 5.74) is -1.01. The van der Waals surface area contributed by atoms with Gasteiger partial charge in [-0.05, 0) is 6.92 Å². The third-order valence-corrected chi connectivity index (χ3v) is 2.16. The van der Waals surface area contributed by atoms with Gasteiger partial charge in [0.1, 0.15) is 5.82 Å². The first kappa shape index (κ1) is 14.5. The maximum absolute atomic E-state index is 12.7. The monoisotopic (exact) mass is 264 g/mol. The highest BCUT2D eigenvalue weighted by molar-refractivity contribution is 5.44. The summed E-state index contributed by atoms with van der Waals surface area (Å²) in [5, 5.41) is 11.4. The van der Waals surface area contributed by atoms with Crippen molar-refractivity contribution in [2.24, 2.45) is 0 Å². The van der Waals surface area contributed by atoms with Crippen molar-refractivity contribution >= 4 is 11.8 Å². The van der Waals surface area contributed by atoms with Gasteiger partial charge in [0.2, 0.25) is 5.95 Å². The van der Waals surface area contributed by atoms with Gasteiger partial charge in [0.25, 0.3) is 0 Å². The molecule has 5 nitrogen and oxygen atoms in total. The number of hydrogen-bond donors (Lipinski definition) is 2. The topological polar surface area (TPSA) is 61.3 Å². The zero-order valence-electron chi connectivity index (χ0n) is 10.1. The molecule has 0 aromatic carbocycles. The summed E-state index contributed by atoms with van der Waals surface area (Å²) in [5.74, 6) is 0.0365. The predicted molar refractivity (Wildman–Crippen MR) is 61.6 cm³/mol. The highest BCUT2D eigenvalue weighted by Gasteiger charge is 2.34. The Morgan fingerprint density at radius 3 is 2.56 bits per heavy atom. The lowest BCUT2D eigenvalue weighted by Crippen LogP contribution is -2.24. The number of aromatic nitrogens is 2. The van der Waals surface area contributed by atoms with E-state index in [-0.39, 0.29) is 24.9 Å². The molecule has 8 heteroatoms. The Labute approximate surface area is 103 Å². The molecule has 102 valence electrons. The summed E-state index contributed by atoms with van der Waals surface area (Å²) < 4.78 is 38.0. The first-order valence-electron chi connectivity index (χ1n) is 5.40.